The van der Waals surface area contributed by atoms with Crippen LogP contribution in [0.1, 0.15) is 24.1 Å². The van der Waals surface area contributed by atoms with Crippen LogP contribution in [0.25, 0.3) is 21.9 Å². The Morgan fingerprint density at radius 2 is 1.86 bits per heavy atom. The van der Waals surface area contributed by atoms with Crippen molar-refractivity contribution in [2.45, 2.75) is 19.9 Å². The highest BCUT2D eigenvalue weighted by atomic mass is 16.3. The van der Waals surface area contributed by atoms with E-state index in [2.05, 4.69) is 55.6 Å². The third-order valence-corrected chi connectivity index (χ3v) is 4.17. The molecule has 1 aliphatic heterocycles. The third-order valence-electron chi connectivity index (χ3n) is 4.17. The number of dihydropyridines is 1. The minimum Gasteiger partial charge on any atom is -0.456 e. The first-order valence-electron chi connectivity index (χ1n) is 7.26. The first-order chi connectivity index (χ1) is 10.2. The molecular formula is C19H17NO. The van der Waals surface area contributed by atoms with Crippen LogP contribution < -0.4 is 5.32 Å². The van der Waals surface area contributed by atoms with E-state index in [1.807, 2.05) is 18.3 Å². The maximum absolute atomic E-state index is 6.16. The molecule has 0 amide bonds. The van der Waals surface area contributed by atoms with E-state index < -0.39 is 0 Å². The number of hydrogen-bond acceptors (Lipinski definition) is 2. The Bertz CT molecular complexity index is 898. The summed E-state index contributed by atoms with van der Waals surface area (Å²) in [6, 6.07) is 12.7. The molecule has 4 rings (SSSR count). The lowest BCUT2D eigenvalue weighted by atomic mass is 9.95. The predicted octanol–water partition coefficient (Wildman–Crippen LogP) is 5.00. The molecular weight excluding hydrogens is 258 g/mol. The van der Waals surface area contributed by atoms with Gasteiger partial charge in [-0.15, -0.1) is 0 Å². The fourth-order valence-electron chi connectivity index (χ4n) is 3.11. The summed E-state index contributed by atoms with van der Waals surface area (Å²) in [6.07, 6.45) is 6.35. The minimum absolute atomic E-state index is 0.166. The molecule has 1 aliphatic rings. The van der Waals surface area contributed by atoms with Crippen molar-refractivity contribution in [3.63, 3.8) is 0 Å². The van der Waals surface area contributed by atoms with Gasteiger partial charge in [0.25, 0.3) is 0 Å². The van der Waals surface area contributed by atoms with E-state index in [4.69, 9.17) is 4.42 Å². The second-order valence-corrected chi connectivity index (χ2v) is 5.66. The number of allylic oxidation sites excluding steroid dienone is 2. The maximum Gasteiger partial charge on any atom is 0.141 e. The topological polar surface area (TPSA) is 25.2 Å². The summed E-state index contributed by atoms with van der Waals surface area (Å²) in [5, 5.41) is 5.80. The molecule has 0 saturated heterocycles. The van der Waals surface area contributed by atoms with Crippen molar-refractivity contribution in [3.8, 4) is 0 Å². The van der Waals surface area contributed by atoms with Gasteiger partial charge in [-0.1, -0.05) is 42.0 Å². The molecule has 0 bridgehead atoms. The number of benzene rings is 2. The Morgan fingerprint density at radius 1 is 1.00 bits per heavy atom. The molecule has 0 aliphatic carbocycles. The zero-order chi connectivity index (χ0) is 14.4. The van der Waals surface area contributed by atoms with Crippen LogP contribution in [0, 0.1) is 6.92 Å². The van der Waals surface area contributed by atoms with Crippen LogP contribution in [0.5, 0.6) is 0 Å². The van der Waals surface area contributed by atoms with Crippen LogP contribution in [0.2, 0.25) is 0 Å². The fourth-order valence-corrected chi connectivity index (χ4v) is 3.11. The van der Waals surface area contributed by atoms with E-state index in [9.17, 15) is 0 Å². The van der Waals surface area contributed by atoms with Gasteiger partial charge in [0.1, 0.15) is 11.2 Å². The van der Waals surface area contributed by atoms with Gasteiger partial charge < -0.3 is 9.73 Å². The summed E-state index contributed by atoms with van der Waals surface area (Å²) < 4.78 is 6.16. The summed E-state index contributed by atoms with van der Waals surface area (Å²) in [7, 11) is 0. The average Bonchev–Trinajstić information content (AvgIpc) is 2.85. The zero-order valence-electron chi connectivity index (χ0n) is 12.2. The van der Waals surface area contributed by atoms with Crippen LogP contribution in [-0.2, 0) is 0 Å². The quantitative estimate of drug-likeness (QED) is 0.676. The monoisotopic (exact) mass is 275 g/mol. The molecule has 1 N–H and O–H groups in total. The van der Waals surface area contributed by atoms with Gasteiger partial charge in [-0.05, 0) is 37.8 Å². The molecule has 2 nitrogen and oxygen atoms in total. The van der Waals surface area contributed by atoms with Crippen molar-refractivity contribution in [2.75, 3.05) is 0 Å². The zero-order valence-corrected chi connectivity index (χ0v) is 12.2. The molecule has 21 heavy (non-hydrogen) atoms. The van der Waals surface area contributed by atoms with Crippen LogP contribution in [0.15, 0.2) is 64.7 Å². The molecule has 104 valence electrons. The molecule has 1 aromatic heterocycles. The van der Waals surface area contributed by atoms with Gasteiger partial charge in [-0.25, -0.2) is 0 Å². The minimum atomic E-state index is 0.166. The highest BCUT2D eigenvalue weighted by molar-refractivity contribution is 6.06. The summed E-state index contributed by atoms with van der Waals surface area (Å²) in [5.74, 6) is 0. The van der Waals surface area contributed by atoms with Crippen LogP contribution in [0.3, 0.4) is 0 Å². The van der Waals surface area contributed by atoms with Crippen molar-refractivity contribution < 1.29 is 4.42 Å². The van der Waals surface area contributed by atoms with E-state index in [0.717, 1.165) is 11.2 Å². The lowest BCUT2D eigenvalue weighted by Crippen LogP contribution is -2.17. The number of para-hydroxylation sites is 1. The third kappa shape index (κ3) is 1.87. The van der Waals surface area contributed by atoms with E-state index >= 15 is 0 Å². The van der Waals surface area contributed by atoms with Gasteiger partial charge in [0.2, 0.25) is 0 Å². The molecule has 0 fully saturated rings. The SMILES string of the molecule is CC1=CC(c2c(C)ccc3c2oc2ccccc23)NC=C1. The summed E-state index contributed by atoms with van der Waals surface area (Å²) in [4.78, 5) is 0. The number of nitrogens with one attached hydrogen (secondary N) is 1. The van der Waals surface area contributed by atoms with Crippen molar-refractivity contribution in [1.29, 1.82) is 0 Å². The van der Waals surface area contributed by atoms with E-state index in [1.54, 1.807) is 0 Å². The Labute approximate surface area is 123 Å². The predicted molar refractivity (Wildman–Crippen MR) is 87.2 cm³/mol. The Balaban J connectivity index is 2.03. The largest absolute Gasteiger partial charge is 0.456 e. The fraction of sp³-hybridized carbons (Fsp3) is 0.158. The smallest absolute Gasteiger partial charge is 0.141 e. The molecule has 2 heteroatoms. The molecule has 1 atom stereocenters. The van der Waals surface area contributed by atoms with Gasteiger partial charge in [-0.2, -0.15) is 0 Å². The molecule has 1 unspecified atom stereocenters. The number of fused-ring (bicyclic) bond motifs is 3. The second-order valence-electron chi connectivity index (χ2n) is 5.66. The van der Waals surface area contributed by atoms with E-state index in [1.165, 1.54) is 27.5 Å². The Kier molecular flexibility index (Phi) is 2.64. The van der Waals surface area contributed by atoms with E-state index in [-0.39, 0.29) is 6.04 Å². The van der Waals surface area contributed by atoms with Gasteiger partial charge in [0.05, 0.1) is 6.04 Å². The van der Waals surface area contributed by atoms with Crippen molar-refractivity contribution >= 4 is 21.9 Å². The number of aryl methyl sites for hydroxylation is 1. The second kappa shape index (κ2) is 4.52. The van der Waals surface area contributed by atoms with Gasteiger partial charge in [0.15, 0.2) is 0 Å². The van der Waals surface area contributed by atoms with Gasteiger partial charge in [0, 0.05) is 16.3 Å². The Morgan fingerprint density at radius 3 is 2.71 bits per heavy atom. The average molecular weight is 275 g/mol. The number of furan rings is 1. The first kappa shape index (κ1) is 12.3. The van der Waals surface area contributed by atoms with Crippen molar-refractivity contribution in [3.05, 3.63) is 71.5 Å². The summed E-state index contributed by atoms with van der Waals surface area (Å²) >= 11 is 0. The highest BCUT2D eigenvalue weighted by Crippen LogP contribution is 2.36. The summed E-state index contributed by atoms with van der Waals surface area (Å²) in [5.41, 5.74) is 5.69. The lowest BCUT2D eigenvalue weighted by Gasteiger charge is -2.20. The maximum atomic E-state index is 6.16. The summed E-state index contributed by atoms with van der Waals surface area (Å²) in [6.45, 7) is 4.27. The van der Waals surface area contributed by atoms with Gasteiger partial charge in [-0.3, -0.25) is 0 Å². The van der Waals surface area contributed by atoms with Crippen LogP contribution in [-0.4, -0.2) is 0 Å². The Hall–Kier alpha value is -2.48. The molecule has 0 spiro atoms. The van der Waals surface area contributed by atoms with Crippen LogP contribution >= 0.6 is 0 Å². The van der Waals surface area contributed by atoms with Crippen molar-refractivity contribution in [1.82, 2.24) is 5.32 Å². The molecule has 2 aromatic carbocycles. The van der Waals surface area contributed by atoms with Crippen molar-refractivity contribution in [2.24, 2.45) is 0 Å². The number of rotatable bonds is 1. The number of hydrogen-bond donors (Lipinski definition) is 1. The van der Waals surface area contributed by atoms with Crippen LogP contribution in [0.4, 0.5) is 0 Å². The lowest BCUT2D eigenvalue weighted by molar-refractivity contribution is 0.646. The first-order valence-corrected chi connectivity index (χ1v) is 7.26. The molecule has 3 aromatic rings. The van der Waals surface area contributed by atoms with E-state index in [0.29, 0.717) is 0 Å². The highest BCUT2D eigenvalue weighted by Gasteiger charge is 2.19. The molecule has 2 heterocycles. The normalized spacial score (nSPS) is 18.0. The standard InChI is InChI=1S/C19H17NO/c1-12-9-10-20-16(11-12)18-13(2)7-8-15-14-5-3-4-6-17(14)21-19(15)18/h3-11,16,20H,1-2H3. The molecule has 0 saturated carbocycles. The molecule has 0 radical (unpaired) electrons. The van der Waals surface area contributed by atoms with Gasteiger partial charge >= 0.3 is 0 Å².